The predicted molar refractivity (Wildman–Crippen MR) is 84.1 cm³/mol. The molecular formula is C18H25NO. The average Bonchev–Trinajstić information content (AvgIpc) is 2.82. The van der Waals surface area contributed by atoms with Crippen molar-refractivity contribution in [1.29, 1.82) is 0 Å². The second-order valence-electron chi connectivity index (χ2n) is 6.79. The van der Waals surface area contributed by atoms with Crippen LogP contribution in [0.3, 0.4) is 0 Å². The number of benzene rings is 1. The molecule has 108 valence electrons. The number of para-hydroxylation sites is 1. The van der Waals surface area contributed by atoms with Crippen LogP contribution in [0.15, 0.2) is 24.3 Å². The third-order valence-corrected chi connectivity index (χ3v) is 4.41. The summed E-state index contributed by atoms with van der Waals surface area (Å²) in [7, 11) is 0. The molecule has 0 radical (unpaired) electrons. The third kappa shape index (κ3) is 1.89. The monoisotopic (exact) mass is 274 g/mol. The lowest BCUT2D eigenvalue weighted by Gasteiger charge is -2.46. The Morgan fingerprint density at radius 3 is 2.80 bits per heavy atom. The number of rotatable bonds is 2. The fourth-order valence-corrected chi connectivity index (χ4v) is 3.83. The van der Waals surface area contributed by atoms with Crippen LogP contribution in [0.25, 0.3) is 10.9 Å². The summed E-state index contributed by atoms with van der Waals surface area (Å²) in [4.78, 5) is 3.40. The van der Waals surface area contributed by atoms with Crippen LogP contribution in [0.1, 0.15) is 62.4 Å². The molecule has 3 rings (SSSR count). The fourth-order valence-electron chi connectivity index (χ4n) is 3.83. The minimum Gasteiger partial charge on any atom is -0.373 e. The second kappa shape index (κ2) is 4.36. The van der Waals surface area contributed by atoms with Crippen LogP contribution in [0.4, 0.5) is 0 Å². The van der Waals surface area contributed by atoms with Crippen molar-refractivity contribution in [2.45, 2.75) is 52.5 Å². The molecular weight excluding hydrogens is 246 g/mol. The van der Waals surface area contributed by atoms with Gasteiger partial charge in [0.05, 0.1) is 6.10 Å². The minimum atomic E-state index is -2.07. The normalized spacial score (nSPS) is 31.4. The highest BCUT2D eigenvalue weighted by molar-refractivity contribution is 5.86. The van der Waals surface area contributed by atoms with Gasteiger partial charge in [-0.3, -0.25) is 0 Å². The zero-order chi connectivity index (χ0) is 17.0. The highest BCUT2D eigenvalue weighted by Gasteiger charge is 2.46. The third-order valence-electron chi connectivity index (χ3n) is 4.41. The van der Waals surface area contributed by atoms with E-state index >= 15 is 0 Å². The number of H-pyrrole nitrogens is 1. The summed E-state index contributed by atoms with van der Waals surface area (Å²) < 4.78 is 30.5. The molecule has 2 aromatic rings. The summed E-state index contributed by atoms with van der Waals surface area (Å²) >= 11 is 0. The summed E-state index contributed by atoms with van der Waals surface area (Å²) in [6.07, 6.45) is 0.454. The van der Waals surface area contributed by atoms with E-state index in [1.165, 1.54) is 0 Å². The maximum atomic E-state index is 8.14. The van der Waals surface area contributed by atoms with Gasteiger partial charge in [-0.1, -0.05) is 45.8 Å². The first-order valence-electron chi connectivity index (χ1n) is 8.84. The summed E-state index contributed by atoms with van der Waals surface area (Å²) in [6, 6.07) is 8.02. The Kier molecular flexibility index (Phi) is 2.28. The Morgan fingerprint density at radius 2 is 2.10 bits per heavy atom. The lowest BCUT2D eigenvalue weighted by atomic mass is 9.63. The molecule has 1 aliphatic carbocycles. The SMILES string of the molecule is [2H]C([2H])([2H])[C@]1(C)CC(C)(C)[C@H](OCC)c2c1[nH]c1ccccc21. The van der Waals surface area contributed by atoms with Gasteiger partial charge >= 0.3 is 0 Å². The molecule has 1 aromatic heterocycles. The molecule has 1 aromatic carbocycles. The molecule has 0 saturated carbocycles. The summed E-state index contributed by atoms with van der Waals surface area (Å²) in [5, 5.41) is 1.07. The van der Waals surface area contributed by atoms with E-state index in [-0.39, 0.29) is 11.5 Å². The van der Waals surface area contributed by atoms with Gasteiger partial charge in [0.25, 0.3) is 0 Å². The van der Waals surface area contributed by atoms with E-state index in [4.69, 9.17) is 8.85 Å². The molecule has 0 saturated heterocycles. The molecule has 0 spiro atoms. The molecule has 1 N–H and O–H groups in total. The van der Waals surface area contributed by atoms with Crippen molar-refractivity contribution in [2.24, 2.45) is 5.41 Å². The number of aromatic amines is 1. The van der Waals surface area contributed by atoms with Crippen molar-refractivity contribution in [1.82, 2.24) is 4.98 Å². The number of nitrogens with one attached hydrogen (secondary N) is 1. The minimum absolute atomic E-state index is 0.103. The van der Waals surface area contributed by atoms with E-state index in [1.807, 2.05) is 32.0 Å². The number of ether oxygens (including phenoxy) is 1. The zero-order valence-electron chi connectivity index (χ0n) is 15.7. The second-order valence-corrected chi connectivity index (χ2v) is 6.79. The van der Waals surface area contributed by atoms with Crippen LogP contribution in [-0.2, 0) is 10.2 Å². The van der Waals surface area contributed by atoms with Gasteiger partial charge < -0.3 is 9.72 Å². The number of hydrogen-bond donors (Lipinski definition) is 1. The number of aromatic nitrogens is 1. The van der Waals surface area contributed by atoms with Crippen LogP contribution in [0, 0.1) is 5.41 Å². The molecule has 2 nitrogen and oxygen atoms in total. The molecule has 0 aliphatic heterocycles. The largest absolute Gasteiger partial charge is 0.373 e. The van der Waals surface area contributed by atoms with Gasteiger partial charge in [0.15, 0.2) is 0 Å². The van der Waals surface area contributed by atoms with Crippen LogP contribution in [-0.4, -0.2) is 11.6 Å². The standard InChI is InChI=1S/C18H25NO/c1-6-20-16-14-12-9-7-8-10-13(12)19-15(14)17(2,3)11-18(16,4)5/h7-10,16,19H,6,11H2,1-5H3/t16-/m1/s1/i2D3/t16-,17+. The van der Waals surface area contributed by atoms with Gasteiger partial charge in [0, 0.05) is 38.3 Å². The molecule has 0 unspecified atom stereocenters. The van der Waals surface area contributed by atoms with E-state index in [2.05, 4.69) is 24.9 Å². The molecule has 1 heterocycles. The van der Waals surface area contributed by atoms with Crippen molar-refractivity contribution in [2.75, 3.05) is 6.61 Å². The van der Waals surface area contributed by atoms with Gasteiger partial charge in [0.2, 0.25) is 0 Å². The quantitative estimate of drug-likeness (QED) is 0.823. The maximum Gasteiger partial charge on any atom is 0.0899 e. The van der Waals surface area contributed by atoms with E-state index < -0.39 is 12.3 Å². The number of fused-ring (bicyclic) bond motifs is 3. The van der Waals surface area contributed by atoms with Crippen molar-refractivity contribution in [3.05, 3.63) is 35.5 Å². The molecule has 0 amide bonds. The Labute approximate surface area is 125 Å². The van der Waals surface area contributed by atoms with Gasteiger partial charge in [-0.05, 0) is 24.8 Å². The Bertz CT molecular complexity index is 731. The van der Waals surface area contributed by atoms with Crippen LogP contribution in [0.2, 0.25) is 0 Å². The summed E-state index contributed by atoms with van der Waals surface area (Å²) in [5.41, 5.74) is 1.67. The van der Waals surface area contributed by atoms with Crippen molar-refractivity contribution in [3.63, 3.8) is 0 Å². The van der Waals surface area contributed by atoms with Crippen molar-refractivity contribution in [3.8, 4) is 0 Å². The Balaban J connectivity index is 2.35. The summed E-state index contributed by atoms with van der Waals surface area (Å²) in [5.74, 6) is 0. The van der Waals surface area contributed by atoms with Crippen molar-refractivity contribution < 1.29 is 8.85 Å². The Hall–Kier alpha value is -1.28. The van der Waals surface area contributed by atoms with Gasteiger partial charge in [-0.15, -0.1) is 0 Å². The van der Waals surface area contributed by atoms with Crippen LogP contribution in [0.5, 0.6) is 0 Å². The van der Waals surface area contributed by atoms with Gasteiger partial charge in [-0.25, -0.2) is 0 Å². The highest BCUT2D eigenvalue weighted by atomic mass is 16.5. The first-order valence-corrected chi connectivity index (χ1v) is 7.34. The Morgan fingerprint density at radius 1 is 1.35 bits per heavy atom. The first-order chi connectivity index (χ1) is 10.6. The molecule has 2 atom stereocenters. The molecule has 2 heteroatoms. The molecule has 1 aliphatic rings. The van der Waals surface area contributed by atoms with E-state index in [0.29, 0.717) is 13.0 Å². The van der Waals surface area contributed by atoms with Crippen LogP contribution >= 0.6 is 0 Å². The van der Waals surface area contributed by atoms with E-state index in [1.54, 1.807) is 0 Å². The average molecular weight is 274 g/mol. The van der Waals surface area contributed by atoms with Crippen molar-refractivity contribution >= 4 is 10.9 Å². The lowest BCUT2D eigenvalue weighted by Crippen LogP contribution is -2.39. The number of hydrogen-bond acceptors (Lipinski definition) is 1. The fraction of sp³-hybridized carbons (Fsp3) is 0.556. The van der Waals surface area contributed by atoms with E-state index in [0.717, 1.165) is 22.2 Å². The topological polar surface area (TPSA) is 25.0 Å². The predicted octanol–water partition coefficient (Wildman–Crippen LogP) is 4.95. The van der Waals surface area contributed by atoms with E-state index in [9.17, 15) is 0 Å². The summed E-state index contributed by atoms with van der Waals surface area (Å²) in [6.45, 7) is 6.61. The first kappa shape index (κ1) is 10.4. The lowest BCUT2D eigenvalue weighted by molar-refractivity contribution is -0.0440. The molecule has 20 heavy (non-hydrogen) atoms. The molecule has 0 bridgehead atoms. The van der Waals surface area contributed by atoms with Crippen LogP contribution < -0.4 is 0 Å². The smallest absolute Gasteiger partial charge is 0.0899 e. The maximum absolute atomic E-state index is 8.14. The highest BCUT2D eigenvalue weighted by Crippen LogP contribution is 2.54. The van der Waals surface area contributed by atoms with Gasteiger partial charge in [-0.2, -0.15) is 0 Å². The molecule has 0 fully saturated rings. The van der Waals surface area contributed by atoms with Gasteiger partial charge in [0.1, 0.15) is 0 Å². The zero-order valence-corrected chi connectivity index (χ0v) is 12.7.